The lowest BCUT2D eigenvalue weighted by atomic mass is 10.0. The second kappa shape index (κ2) is 6.55. The Morgan fingerprint density at radius 2 is 2.11 bits per heavy atom. The van der Waals surface area contributed by atoms with Crippen LogP contribution in [0.15, 0.2) is 24.3 Å². The number of halogens is 1. The third-order valence-electron chi connectivity index (χ3n) is 3.99. The van der Waals surface area contributed by atoms with Crippen molar-refractivity contribution in [3.05, 3.63) is 34.9 Å². The van der Waals surface area contributed by atoms with Crippen molar-refractivity contribution in [2.75, 3.05) is 13.1 Å². The summed E-state index contributed by atoms with van der Waals surface area (Å²) in [6.07, 6.45) is 5.20. The summed E-state index contributed by atoms with van der Waals surface area (Å²) in [5.41, 5.74) is 7.19. The molecule has 18 heavy (non-hydrogen) atoms. The van der Waals surface area contributed by atoms with Gasteiger partial charge in [0.1, 0.15) is 0 Å². The molecular weight excluding hydrogens is 244 g/mol. The fourth-order valence-electron chi connectivity index (χ4n) is 2.95. The lowest BCUT2D eigenvalue weighted by Gasteiger charge is -2.35. The zero-order valence-corrected chi connectivity index (χ0v) is 11.9. The van der Waals surface area contributed by atoms with Crippen molar-refractivity contribution in [3.8, 4) is 0 Å². The second-order valence-electron chi connectivity index (χ2n) is 5.21. The highest BCUT2D eigenvalue weighted by Crippen LogP contribution is 2.31. The monoisotopic (exact) mass is 266 g/mol. The highest BCUT2D eigenvalue weighted by Gasteiger charge is 2.26. The van der Waals surface area contributed by atoms with Gasteiger partial charge in [-0.2, -0.15) is 0 Å². The Morgan fingerprint density at radius 1 is 1.33 bits per heavy atom. The normalized spacial score (nSPS) is 23.6. The Hall–Kier alpha value is -0.570. The van der Waals surface area contributed by atoms with Crippen LogP contribution in [0, 0.1) is 0 Å². The van der Waals surface area contributed by atoms with Crippen LogP contribution in [0.2, 0.25) is 5.02 Å². The molecule has 1 heterocycles. The minimum absolute atomic E-state index is 0.256. The second-order valence-corrected chi connectivity index (χ2v) is 5.62. The quantitative estimate of drug-likeness (QED) is 0.906. The molecule has 2 nitrogen and oxygen atoms in total. The van der Waals surface area contributed by atoms with Crippen LogP contribution in [-0.2, 0) is 0 Å². The van der Waals surface area contributed by atoms with E-state index in [2.05, 4.69) is 17.9 Å². The van der Waals surface area contributed by atoms with Crippen LogP contribution < -0.4 is 5.73 Å². The molecule has 2 unspecified atom stereocenters. The van der Waals surface area contributed by atoms with E-state index in [0.717, 1.165) is 11.6 Å². The summed E-state index contributed by atoms with van der Waals surface area (Å²) in [6.45, 7) is 4.08. The van der Waals surface area contributed by atoms with Crippen molar-refractivity contribution >= 4 is 11.6 Å². The van der Waals surface area contributed by atoms with Crippen LogP contribution >= 0.6 is 11.6 Å². The first kappa shape index (κ1) is 13.9. The van der Waals surface area contributed by atoms with Crippen molar-refractivity contribution in [1.82, 2.24) is 4.90 Å². The number of benzene rings is 1. The van der Waals surface area contributed by atoms with E-state index in [1.54, 1.807) is 0 Å². The summed E-state index contributed by atoms with van der Waals surface area (Å²) in [6, 6.07) is 8.95. The smallest absolute Gasteiger partial charge is 0.0488 e. The van der Waals surface area contributed by atoms with Gasteiger partial charge in [-0.1, -0.05) is 42.6 Å². The van der Waals surface area contributed by atoms with Gasteiger partial charge < -0.3 is 5.73 Å². The third-order valence-corrected chi connectivity index (χ3v) is 4.34. The first-order chi connectivity index (χ1) is 8.74. The number of rotatable bonds is 3. The predicted molar refractivity (Wildman–Crippen MR) is 77.9 cm³/mol. The maximum atomic E-state index is 6.32. The Balaban J connectivity index is 2.24. The summed E-state index contributed by atoms with van der Waals surface area (Å²) in [5.74, 6) is 0. The predicted octanol–water partition coefficient (Wildman–Crippen LogP) is 3.60. The topological polar surface area (TPSA) is 29.3 Å². The van der Waals surface area contributed by atoms with E-state index in [0.29, 0.717) is 12.6 Å². The van der Waals surface area contributed by atoms with Gasteiger partial charge in [0.2, 0.25) is 0 Å². The molecule has 2 atom stereocenters. The Morgan fingerprint density at radius 3 is 2.83 bits per heavy atom. The fraction of sp³-hybridized carbons (Fsp3) is 0.600. The molecule has 1 fully saturated rings. The van der Waals surface area contributed by atoms with E-state index in [1.807, 2.05) is 18.2 Å². The van der Waals surface area contributed by atoms with Gasteiger partial charge >= 0.3 is 0 Å². The third kappa shape index (κ3) is 3.05. The Bertz CT molecular complexity index is 381. The van der Waals surface area contributed by atoms with E-state index in [4.69, 9.17) is 17.3 Å². The van der Waals surface area contributed by atoms with E-state index < -0.39 is 0 Å². The average molecular weight is 267 g/mol. The molecule has 100 valence electrons. The van der Waals surface area contributed by atoms with Gasteiger partial charge in [0.25, 0.3) is 0 Å². The molecule has 2 N–H and O–H groups in total. The van der Waals surface area contributed by atoms with Crippen LogP contribution in [-0.4, -0.2) is 24.0 Å². The average Bonchev–Trinajstić information content (AvgIpc) is 2.58. The summed E-state index contributed by atoms with van der Waals surface area (Å²) in [7, 11) is 0. The first-order valence-corrected chi connectivity index (χ1v) is 7.32. The van der Waals surface area contributed by atoms with Gasteiger partial charge in [0.15, 0.2) is 0 Å². The van der Waals surface area contributed by atoms with Crippen molar-refractivity contribution in [3.63, 3.8) is 0 Å². The molecular formula is C15H23ClN2. The molecule has 0 spiro atoms. The molecule has 0 aliphatic carbocycles. The zero-order chi connectivity index (χ0) is 13.0. The van der Waals surface area contributed by atoms with Crippen molar-refractivity contribution in [2.24, 2.45) is 5.73 Å². The maximum absolute atomic E-state index is 6.32. The molecule has 1 aromatic carbocycles. The molecule has 0 aromatic heterocycles. The summed E-state index contributed by atoms with van der Waals surface area (Å²) >= 11 is 6.32. The van der Waals surface area contributed by atoms with Crippen molar-refractivity contribution in [2.45, 2.75) is 44.7 Å². The van der Waals surface area contributed by atoms with Gasteiger partial charge in [-0.15, -0.1) is 0 Å². The van der Waals surface area contributed by atoms with Crippen LogP contribution in [0.4, 0.5) is 0 Å². The molecule has 1 aromatic rings. The molecule has 1 saturated heterocycles. The van der Waals surface area contributed by atoms with Crippen LogP contribution in [0.1, 0.15) is 44.2 Å². The summed E-state index contributed by atoms with van der Waals surface area (Å²) < 4.78 is 0. The van der Waals surface area contributed by atoms with Crippen LogP contribution in [0.5, 0.6) is 0 Å². The Labute approximate surface area is 115 Å². The SMILES string of the molecule is CC1CCCCCN1C(CN)c1ccccc1Cl. The maximum Gasteiger partial charge on any atom is 0.0488 e. The first-order valence-electron chi connectivity index (χ1n) is 6.94. The molecule has 0 bridgehead atoms. The van der Waals surface area contributed by atoms with E-state index in [1.165, 1.54) is 31.2 Å². The highest BCUT2D eigenvalue weighted by molar-refractivity contribution is 6.31. The molecule has 3 heteroatoms. The minimum Gasteiger partial charge on any atom is -0.329 e. The van der Waals surface area contributed by atoms with Gasteiger partial charge in [-0.25, -0.2) is 0 Å². The molecule has 0 radical (unpaired) electrons. The lowest BCUT2D eigenvalue weighted by Crippen LogP contribution is -2.39. The van der Waals surface area contributed by atoms with Gasteiger partial charge in [0, 0.05) is 23.7 Å². The number of nitrogens with zero attached hydrogens (tertiary/aromatic N) is 1. The minimum atomic E-state index is 0.256. The molecule has 0 saturated carbocycles. The fourth-order valence-corrected chi connectivity index (χ4v) is 3.21. The zero-order valence-electron chi connectivity index (χ0n) is 11.1. The Kier molecular flexibility index (Phi) is 5.04. The lowest BCUT2D eigenvalue weighted by molar-refractivity contribution is 0.151. The van der Waals surface area contributed by atoms with Crippen molar-refractivity contribution < 1.29 is 0 Å². The van der Waals surface area contributed by atoms with E-state index in [9.17, 15) is 0 Å². The van der Waals surface area contributed by atoms with E-state index in [-0.39, 0.29) is 6.04 Å². The van der Waals surface area contributed by atoms with Gasteiger partial charge in [-0.05, 0) is 37.9 Å². The molecule has 0 amide bonds. The molecule has 1 aliphatic heterocycles. The van der Waals surface area contributed by atoms with Gasteiger partial charge in [0.05, 0.1) is 0 Å². The number of likely N-dealkylation sites (tertiary alicyclic amines) is 1. The molecule has 1 aliphatic rings. The number of hydrogen-bond acceptors (Lipinski definition) is 2. The molecule has 2 rings (SSSR count). The number of hydrogen-bond donors (Lipinski definition) is 1. The highest BCUT2D eigenvalue weighted by atomic mass is 35.5. The van der Waals surface area contributed by atoms with Crippen LogP contribution in [0.25, 0.3) is 0 Å². The standard InChI is InChI=1S/C15H23ClN2/c1-12-7-3-2-6-10-18(12)15(11-17)13-8-4-5-9-14(13)16/h4-5,8-9,12,15H,2-3,6-7,10-11,17H2,1H3. The van der Waals surface area contributed by atoms with E-state index >= 15 is 0 Å². The summed E-state index contributed by atoms with van der Waals surface area (Å²) in [4.78, 5) is 2.54. The summed E-state index contributed by atoms with van der Waals surface area (Å²) in [5, 5.41) is 0.837. The van der Waals surface area contributed by atoms with Crippen LogP contribution in [0.3, 0.4) is 0 Å². The largest absolute Gasteiger partial charge is 0.329 e. The van der Waals surface area contributed by atoms with Gasteiger partial charge in [-0.3, -0.25) is 4.90 Å². The van der Waals surface area contributed by atoms with Crippen molar-refractivity contribution in [1.29, 1.82) is 0 Å². The number of nitrogens with two attached hydrogens (primary N) is 1.